The molecule has 0 fully saturated rings. The fraction of sp³-hybridized carbons (Fsp3) is 0.304. The summed E-state index contributed by atoms with van der Waals surface area (Å²) in [4.78, 5) is 44.6. The van der Waals surface area contributed by atoms with Crippen molar-refractivity contribution in [1.82, 2.24) is 9.55 Å². The van der Waals surface area contributed by atoms with Gasteiger partial charge in [-0.2, -0.15) is 0 Å². The van der Waals surface area contributed by atoms with Crippen LogP contribution in [0.3, 0.4) is 0 Å². The largest absolute Gasteiger partial charge is 0.324 e. The number of hydrogen-bond donors (Lipinski definition) is 1. The highest BCUT2D eigenvalue weighted by atomic mass is 35.5. The highest BCUT2D eigenvalue weighted by Gasteiger charge is 2.26. The monoisotopic (exact) mass is 440 g/mol. The Labute approximate surface area is 185 Å². The van der Waals surface area contributed by atoms with Gasteiger partial charge in [-0.3, -0.25) is 23.9 Å². The number of carbonyl (C=O) groups excluding carboxylic acids is 2. The molecule has 1 atom stereocenters. The molecular weight excluding hydrogens is 416 g/mol. The molecule has 0 unspecified atom stereocenters. The van der Waals surface area contributed by atoms with Gasteiger partial charge < -0.3 is 5.32 Å². The Kier molecular flexibility index (Phi) is 6.75. The van der Waals surface area contributed by atoms with Gasteiger partial charge in [-0.1, -0.05) is 36.7 Å². The highest BCUT2D eigenvalue weighted by molar-refractivity contribution is 6.31. The van der Waals surface area contributed by atoms with Gasteiger partial charge in [0.05, 0.1) is 11.0 Å². The lowest BCUT2D eigenvalue weighted by molar-refractivity contribution is -0.119. The van der Waals surface area contributed by atoms with Crippen LogP contribution in [0.4, 0.5) is 11.5 Å². The van der Waals surface area contributed by atoms with Crippen LogP contribution in [0.2, 0.25) is 5.02 Å². The van der Waals surface area contributed by atoms with E-state index in [1.165, 1.54) is 16.4 Å². The second kappa shape index (κ2) is 9.31. The summed E-state index contributed by atoms with van der Waals surface area (Å²) in [6, 6.07) is 11.6. The van der Waals surface area contributed by atoms with Crippen molar-refractivity contribution >= 4 is 46.0 Å². The molecule has 0 radical (unpaired) electrons. The summed E-state index contributed by atoms with van der Waals surface area (Å²) in [5, 5.41) is 3.44. The molecule has 0 aliphatic rings. The Morgan fingerprint density at radius 1 is 1.16 bits per heavy atom. The predicted molar refractivity (Wildman–Crippen MR) is 124 cm³/mol. The van der Waals surface area contributed by atoms with Gasteiger partial charge in [-0.15, -0.1) is 0 Å². The minimum atomic E-state index is -0.803. The molecule has 0 aliphatic heterocycles. The first-order valence-corrected chi connectivity index (χ1v) is 10.5. The quantitative estimate of drug-likeness (QED) is 0.618. The van der Waals surface area contributed by atoms with Crippen molar-refractivity contribution in [2.24, 2.45) is 0 Å². The number of nitrogens with zero attached hydrogens (tertiary/aromatic N) is 3. The zero-order valence-electron chi connectivity index (χ0n) is 18.0. The van der Waals surface area contributed by atoms with Crippen molar-refractivity contribution in [3.63, 3.8) is 0 Å². The number of amides is 2. The predicted octanol–water partition coefficient (Wildman–Crippen LogP) is 4.32. The average Bonchev–Trinajstić information content (AvgIpc) is 2.74. The average molecular weight is 441 g/mol. The van der Waals surface area contributed by atoms with E-state index in [1.54, 1.807) is 49.4 Å². The van der Waals surface area contributed by atoms with Crippen LogP contribution in [0.15, 0.2) is 47.3 Å². The van der Waals surface area contributed by atoms with E-state index in [2.05, 4.69) is 10.3 Å². The maximum absolute atomic E-state index is 13.5. The molecule has 3 rings (SSSR count). The molecule has 0 saturated heterocycles. The zero-order chi connectivity index (χ0) is 22.7. The molecule has 1 aromatic heterocycles. The minimum Gasteiger partial charge on any atom is -0.324 e. The van der Waals surface area contributed by atoms with Gasteiger partial charge in [0.2, 0.25) is 17.6 Å². The lowest BCUT2D eigenvalue weighted by Gasteiger charge is -2.24. The third-order valence-corrected chi connectivity index (χ3v) is 5.67. The number of anilines is 2. The van der Waals surface area contributed by atoms with Gasteiger partial charge in [0, 0.05) is 24.2 Å². The van der Waals surface area contributed by atoms with Gasteiger partial charge in [0.1, 0.15) is 6.04 Å². The minimum absolute atomic E-state index is 0.0129. The molecule has 7 nitrogen and oxygen atoms in total. The van der Waals surface area contributed by atoms with Crippen LogP contribution in [-0.4, -0.2) is 27.9 Å². The summed E-state index contributed by atoms with van der Waals surface area (Å²) in [7, 11) is 0. The molecule has 3 aromatic rings. The summed E-state index contributed by atoms with van der Waals surface area (Å²) < 4.78 is 1.43. The molecule has 8 heteroatoms. The Morgan fingerprint density at radius 3 is 2.52 bits per heavy atom. The first kappa shape index (κ1) is 22.5. The number of fused-ring (bicyclic) bond motifs is 1. The molecule has 0 bridgehead atoms. The van der Waals surface area contributed by atoms with Crippen LogP contribution in [0.1, 0.15) is 38.8 Å². The summed E-state index contributed by atoms with van der Waals surface area (Å²) in [5.74, 6) is -0.622. The number of hydrogen-bond acceptors (Lipinski definition) is 4. The number of rotatable bonds is 6. The third kappa shape index (κ3) is 4.32. The van der Waals surface area contributed by atoms with Gasteiger partial charge in [0.15, 0.2) is 0 Å². The lowest BCUT2D eigenvalue weighted by atomic mass is 10.1. The Hall–Kier alpha value is -3.19. The molecule has 31 heavy (non-hydrogen) atoms. The number of aromatic nitrogens is 2. The van der Waals surface area contributed by atoms with E-state index in [0.717, 1.165) is 5.56 Å². The number of para-hydroxylation sites is 2. The molecule has 1 N–H and O–H groups in total. The van der Waals surface area contributed by atoms with Crippen molar-refractivity contribution in [3.05, 3.63) is 63.4 Å². The molecule has 1 heterocycles. The normalized spacial score (nSPS) is 11.9. The SMILES string of the molecule is CC[C@@H](C(=O)Nc1cccc(Cl)c1C)n1c(=O)c(N(CC)C(C)=O)nc2ccccc21. The van der Waals surface area contributed by atoms with Crippen molar-refractivity contribution in [1.29, 1.82) is 0 Å². The zero-order valence-corrected chi connectivity index (χ0v) is 18.7. The van der Waals surface area contributed by atoms with Crippen molar-refractivity contribution in [2.45, 2.75) is 40.2 Å². The summed E-state index contributed by atoms with van der Waals surface area (Å²) in [5.41, 5.74) is 1.90. The van der Waals surface area contributed by atoms with Crippen LogP contribution in [0.25, 0.3) is 11.0 Å². The topological polar surface area (TPSA) is 84.3 Å². The van der Waals surface area contributed by atoms with E-state index >= 15 is 0 Å². The van der Waals surface area contributed by atoms with Crippen molar-refractivity contribution < 1.29 is 9.59 Å². The maximum Gasteiger partial charge on any atom is 0.295 e. The summed E-state index contributed by atoms with van der Waals surface area (Å²) in [6.45, 7) is 7.10. The maximum atomic E-state index is 13.5. The van der Waals surface area contributed by atoms with E-state index in [1.807, 2.05) is 13.8 Å². The standard InChI is InChI=1S/C23H25ClN4O3/c1-5-19(22(30)26-17-12-9-10-16(24)14(17)3)28-20-13-8-7-11-18(20)25-21(23(28)31)27(6-2)15(4)29/h7-13,19H,5-6H2,1-4H3,(H,26,30)/t19-/m0/s1. The number of nitrogens with one attached hydrogen (secondary N) is 1. The third-order valence-electron chi connectivity index (χ3n) is 5.26. The Morgan fingerprint density at radius 2 is 1.87 bits per heavy atom. The number of benzene rings is 2. The second-order valence-electron chi connectivity index (χ2n) is 7.19. The molecule has 0 saturated carbocycles. The van der Waals surface area contributed by atoms with Crippen LogP contribution in [0, 0.1) is 6.92 Å². The van der Waals surface area contributed by atoms with E-state index < -0.39 is 11.6 Å². The first-order chi connectivity index (χ1) is 14.8. The Balaban J connectivity index is 2.17. The fourth-order valence-corrected chi connectivity index (χ4v) is 3.77. The first-order valence-electron chi connectivity index (χ1n) is 10.1. The smallest absolute Gasteiger partial charge is 0.295 e. The highest BCUT2D eigenvalue weighted by Crippen LogP contribution is 2.26. The van der Waals surface area contributed by atoms with Crippen molar-refractivity contribution in [3.8, 4) is 0 Å². The van der Waals surface area contributed by atoms with Crippen molar-refractivity contribution in [2.75, 3.05) is 16.8 Å². The van der Waals surface area contributed by atoms with E-state index in [0.29, 0.717) is 34.7 Å². The second-order valence-corrected chi connectivity index (χ2v) is 7.60. The van der Waals surface area contributed by atoms with Crippen LogP contribution in [-0.2, 0) is 9.59 Å². The number of halogens is 1. The van der Waals surface area contributed by atoms with Gasteiger partial charge in [-0.05, 0) is 50.1 Å². The Bertz CT molecular complexity index is 1210. The molecule has 2 amide bonds. The lowest BCUT2D eigenvalue weighted by Crippen LogP contribution is -2.40. The molecule has 162 valence electrons. The van der Waals surface area contributed by atoms with Crippen LogP contribution >= 0.6 is 11.6 Å². The molecule has 0 spiro atoms. The summed E-state index contributed by atoms with van der Waals surface area (Å²) in [6.07, 6.45) is 0.366. The molecular formula is C23H25ClN4O3. The van der Waals surface area contributed by atoms with Gasteiger partial charge in [0.25, 0.3) is 5.56 Å². The van der Waals surface area contributed by atoms with Gasteiger partial charge in [-0.25, -0.2) is 4.98 Å². The molecule has 0 aliphatic carbocycles. The van der Waals surface area contributed by atoms with Crippen LogP contribution in [0.5, 0.6) is 0 Å². The van der Waals surface area contributed by atoms with E-state index in [9.17, 15) is 14.4 Å². The molecule has 2 aromatic carbocycles. The fourth-order valence-electron chi connectivity index (χ4n) is 3.59. The summed E-state index contributed by atoms with van der Waals surface area (Å²) >= 11 is 6.18. The van der Waals surface area contributed by atoms with Gasteiger partial charge >= 0.3 is 0 Å². The van der Waals surface area contributed by atoms with Crippen LogP contribution < -0.4 is 15.8 Å². The van der Waals surface area contributed by atoms with E-state index in [-0.39, 0.29) is 17.6 Å². The van der Waals surface area contributed by atoms with E-state index in [4.69, 9.17) is 11.6 Å². The number of carbonyl (C=O) groups is 2.